The number of carbonyl (C=O) groups excluding carboxylic acids is 1. The van der Waals surface area contributed by atoms with Gasteiger partial charge in [-0.15, -0.1) is 0 Å². The van der Waals surface area contributed by atoms with Crippen LogP contribution >= 0.6 is 0 Å². The maximum atomic E-state index is 12.3. The minimum Gasteiger partial charge on any atom is -0.502 e. The highest BCUT2D eigenvalue weighted by Gasteiger charge is 2.15. The lowest BCUT2D eigenvalue weighted by Gasteiger charge is -2.10. The molecule has 0 spiro atoms. The second kappa shape index (κ2) is 9.96. The number of nitrogens with zero attached hydrogens (tertiary/aromatic N) is 3. The van der Waals surface area contributed by atoms with Gasteiger partial charge in [-0.05, 0) is 68.4 Å². The van der Waals surface area contributed by atoms with Crippen molar-refractivity contribution in [2.24, 2.45) is 5.10 Å². The summed E-state index contributed by atoms with van der Waals surface area (Å²) in [4.78, 5) is 22.4. The molecule has 0 aliphatic carbocycles. The van der Waals surface area contributed by atoms with Crippen molar-refractivity contribution in [1.29, 1.82) is 0 Å². The van der Waals surface area contributed by atoms with Gasteiger partial charge in [0.2, 0.25) is 5.75 Å². The van der Waals surface area contributed by atoms with Crippen molar-refractivity contribution in [3.63, 3.8) is 0 Å². The minimum atomic E-state index is -0.712. The Morgan fingerprint density at radius 3 is 2.51 bits per heavy atom. The summed E-state index contributed by atoms with van der Waals surface area (Å²) in [6.45, 7) is 4.22. The lowest BCUT2D eigenvalue weighted by atomic mass is 10.2. The second-order valence-electron chi connectivity index (χ2n) is 7.67. The number of aromatic hydroxyl groups is 1. The first-order valence-electron chi connectivity index (χ1n) is 10.6. The van der Waals surface area contributed by atoms with Gasteiger partial charge in [-0.3, -0.25) is 14.9 Å². The van der Waals surface area contributed by atoms with E-state index < -0.39 is 22.3 Å². The van der Waals surface area contributed by atoms with Crippen LogP contribution in [0.2, 0.25) is 0 Å². The molecule has 2 N–H and O–H groups in total. The highest BCUT2D eigenvalue weighted by Crippen LogP contribution is 2.28. The Labute approximate surface area is 200 Å². The first kappa shape index (κ1) is 23.3. The highest BCUT2D eigenvalue weighted by molar-refractivity contribution is 5.93. The number of nitrogens with one attached hydrogen (secondary N) is 1. The molecule has 0 radical (unpaired) electrons. The summed E-state index contributed by atoms with van der Waals surface area (Å²) in [7, 11) is 0. The molecule has 4 rings (SSSR count). The topological polar surface area (TPSA) is 132 Å². The van der Waals surface area contributed by atoms with Gasteiger partial charge in [0, 0.05) is 28.7 Å². The van der Waals surface area contributed by atoms with Crippen LogP contribution in [0.4, 0.5) is 5.69 Å². The zero-order valence-electron chi connectivity index (χ0n) is 19.0. The first-order valence-corrected chi connectivity index (χ1v) is 10.6. The van der Waals surface area contributed by atoms with E-state index in [4.69, 9.17) is 9.15 Å². The number of aromatic nitrogens is 1. The average molecular weight is 474 g/mol. The van der Waals surface area contributed by atoms with E-state index in [0.29, 0.717) is 11.5 Å². The molecule has 0 atom stereocenters. The van der Waals surface area contributed by atoms with E-state index in [9.17, 15) is 20.0 Å². The maximum absolute atomic E-state index is 12.3. The molecular formula is C25H22N4O6. The van der Waals surface area contributed by atoms with Crippen LogP contribution in [0, 0.1) is 24.0 Å². The van der Waals surface area contributed by atoms with E-state index in [1.165, 1.54) is 18.2 Å². The molecule has 2 heterocycles. The molecule has 178 valence electrons. The number of carbonyl (C=O) groups is 1. The largest absolute Gasteiger partial charge is 0.502 e. The van der Waals surface area contributed by atoms with Crippen molar-refractivity contribution in [1.82, 2.24) is 9.99 Å². The van der Waals surface area contributed by atoms with Crippen molar-refractivity contribution < 1.29 is 24.0 Å². The summed E-state index contributed by atoms with van der Waals surface area (Å²) in [5.41, 5.74) is 5.20. The van der Waals surface area contributed by atoms with E-state index in [2.05, 4.69) is 27.2 Å². The van der Waals surface area contributed by atoms with Crippen molar-refractivity contribution in [3.8, 4) is 17.2 Å². The molecule has 2 aromatic heterocycles. The van der Waals surface area contributed by atoms with Gasteiger partial charge in [0.1, 0.15) is 18.1 Å². The van der Waals surface area contributed by atoms with Gasteiger partial charge in [0.25, 0.3) is 0 Å². The van der Waals surface area contributed by atoms with Crippen LogP contribution < -0.4 is 10.2 Å². The van der Waals surface area contributed by atoms with Gasteiger partial charge in [-0.2, -0.15) is 5.10 Å². The Kier molecular flexibility index (Phi) is 6.63. The minimum absolute atomic E-state index is 0.0120. The van der Waals surface area contributed by atoms with Gasteiger partial charge in [0.15, 0.2) is 5.76 Å². The Morgan fingerprint density at radius 2 is 1.83 bits per heavy atom. The molecule has 0 unspecified atom stereocenters. The third kappa shape index (κ3) is 5.22. The number of benzene rings is 2. The van der Waals surface area contributed by atoms with E-state index in [1.54, 1.807) is 6.07 Å². The van der Waals surface area contributed by atoms with Crippen LogP contribution in [-0.2, 0) is 6.61 Å². The van der Waals surface area contributed by atoms with Crippen molar-refractivity contribution >= 4 is 17.8 Å². The molecule has 0 saturated carbocycles. The van der Waals surface area contributed by atoms with Crippen molar-refractivity contribution in [3.05, 3.63) is 105 Å². The van der Waals surface area contributed by atoms with E-state index in [0.717, 1.165) is 29.4 Å². The molecule has 0 aliphatic rings. The van der Waals surface area contributed by atoms with Gasteiger partial charge < -0.3 is 18.8 Å². The highest BCUT2D eigenvalue weighted by atomic mass is 16.6. The number of nitro benzene ring substituents is 1. The lowest BCUT2D eigenvalue weighted by molar-refractivity contribution is -0.385. The number of hydrogen-bond donors (Lipinski definition) is 2. The number of para-hydroxylation sites is 1. The smallest absolute Gasteiger partial charge is 0.311 e. The summed E-state index contributed by atoms with van der Waals surface area (Å²) >= 11 is 0. The molecule has 1 amide bonds. The maximum Gasteiger partial charge on any atom is 0.311 e. The predicted molar refractivity (Wildman–Crippen MR) is 128 cm³/mol. The monoisotopic (exact) mass is 474 g/mol. The number of nitro groups is 1. The van der Waals surface area contributed by atoms with E-state index in [1.807, 2.05) is 38.1 Å². The molecule has 0 bridgehead atoms. The zero-order chi connectivity index (χ0) is 24.9. The number of furan rings is 1. The number of hydrazone groups is 1. The number of ether oxygens (including phenoxy) is 1. The number of phenols is 1. The molecule has 35 heavy (non-hydrogen) atoms. The molecule has 0 aliphatic heterocycles. The standard InChI is InChI=1S/C25H22N4O6/c1-16-6-7-17(2)28(16)19-8-10-20(11-9-19)34-15-21-12-13-23(35-21)25(31)27-26-14-18-4-3-5-22(24(18)30)29(32)33/h3-14,30H,15H2,1-2H3,(H,27,31)/b26-14+. The molecular weight excluding hydrogens is 452 g/mol. The summed E-state index contributed by atoms with van der Waals surface area (Å²) in [5, 5.41) is 24.5. The van der Waals surface area contributed by atoms with Crippen LogP contribution in [0.3, 0.4) is 0 Å². The Balaban J connectivity index is 1.33. The van der Waals surface area contributed by atoms with E-state index >= 15 is 0 Å². The Hall–Kier alpha value is -4.86. The third-order valence-corrected chi connectivity index (χ3v) is 5.24. The Bertz CT molecular complexity index is 1380. The first-order chi connectivity index (χ1) is 16.8. The fourth-order valence-corrected chi connectivity index (χ4v) is 3.51. The number of phenolic OH excluding ortho intramolecular Hbond substituents is 1. The fourth-order valence-electron chi connectivity index (χ4n) is 3.51. The SMILES string of the molecule is Cc1ccc(C)n1-c1ccc(OCc2ccc(C(=O)N/N=C/c3cccc([N+](=O)[O-])c3O)o2)cc1. The number of hydrogen-bond acceptors (Lipinski definition) is 7. The van der Waals surface area contributed by atoms with Gasteiger partial charge in [-0.1, -0.05) is 6.07 Å². The summed E-state index contributed by atoms with van der Waals surface area (Å²) < 4.78 is 13.4. The van der Waals surface area contributed by atoms with Crippen LogP contribution in [0.5, 0.6) is 11.5 Å². The van der Waals surface area contributed by atoms with Gasteiger partial charge >= 0.3 is 11.6 Å². The number of rotatable bonds is 8. The molecule has 2 aromatic carbocycles. The predicted octanol–water partition coefficient (Wildman–Crippen LogP) is 4.64. The summed E-state index contributed by atoms with van der Waals surface area (Å²) in [6.07, 6.45) is 1.10. The summed E-state index contributed by atoms with van der Waals surface area (Å²) in [6, 6.07) is 18.9. The van der Waals surface area contributed by atoms with Crippen LogP contribution in [-0.4, -0.2) is 26.7 Å². The van der Waals surface area contributed by atoms with Crippen molar-refractivity contribution in [2.75, 3.05) is 0 Å². The fraction of sp³-hybridized carbons (Fsp3) is 0.120. The van der Waals surface area contributed by atoms with Gasteiger partial charge in [-0.25, -0.2) is 5.43 Å². The summed E-state index contributed by atoms with van der Waals surface area (Å²) in [5.74, 6) is -0.0617. The molecule has 0 fully saturated rings. The molecule has 10 nitrogen and oxygen atoms in total. The van der Waals surface area contributed by atoms with Crippen LogP contribution in [0.1, 0.15) is 33.3 Å². The Morgan fingerprint density at radius 1 is 1.11 bits per heavy atom. The molecule has 0 saturated heterocycles. The van der Waals surface area contributed by atoms with E-state index in [-0.39, 0.29) is 17.9 Å². The van der Waals surface area contributed by atoms with Crippen LogP contribution in [0.25, 0.3) is 5.69 Å². The van der Waals surface area contributed by atoms with Crippen LogP contribution in [0.15, 0.2) is 76.2 Å². The quantitative estimate of drug-likeness (QED) is 0.217. The number of aryl methyl sites for hydroxylation is 2. The average Bonchev–Trinajstić information content (AvgIpc) is 3.45. The zero-order valence-corrected chi connectivity index (χ0v) is 19.0. The van der Waals surface area contributed by atoms with Crippen molar-refractivity contribution in [2.45, 2.75) is 20.5 Å². The lowest BCUT2D eigenvalue weighted by Crippen LogP contribution is -2.16. The normalized spacial score (nSPS) is 11.0. The second-order valence-corrected chi connectivity index (χ2v) is 7.67. The number of amides is 1. The third-order valence-electron chi connectivity index (χ3n) is 5.24. The molecule has 4 aromatic rings. The van der Waals surface area contributed by atoms with Gasteiger partial charge in [0.05, 0.1) is 11.1 Å². The molecule has 10 heteroatoms.